The zero-order chi connectivity index (χ0) is 9.97. The zero-order valence-electron chi connectivity index (χ0n) is 8.01. The monoisotopic (exact) mass is 188 g/mol. The van der Waals surface area contributed by atoms with Crippen LogP contribution in [0.1, 0.15) is 11.1 Å². The zero-order valence-corrected chi connectivity index (χ0v) is 8.01. The van der Waals surface area contributed by atoms with Crippen LogP contribution in [0.15, 0.2) is 36.7 Å². The van der Waals surface area contributed by atoms with E-state index in [1.165, 1.54) is 5.56 Å². The van der Waals surface area contributed by atoms with Crippen molar-refractivity contribution >= 4 is 0 Å². The maximum Gasteiger partial charge on any atom is 0.0712 e. The number of aliphatic hydroxyl groups excluding tert-OH is 1. The topological polar surface area (TPSA) is 38.0 Å². The summed E-state index contributed by atoms with van der Waals surface area (Å²) in [4.78, 5) is 0. The summed E-state index contributed by atoms with van der Waals surface area (Å²) in [6.45, 7) is 2.08. The Labute approximate surface area is 82.6 Å². The molecule has 2 aromatic rings. The lowest BCUT2D eigenvalue weighted by Crippen LogP contribution is -1.93. The van der Waals surface area contributed by atoms with Crippen molar-refractivity contribution < 1.29 is 5.11 Å². The fraction of sp³-hybridized carbons (Fsp3) is 0.182. The molecule has 1 heterocycles. The summed E-state index contributed by atoms with van der Waals surface area (Å²) in [7, 11) is 0. The number of hydrogen-bond acceptors (Lipinski definition) is 2. The first-order chi connectivity index (χ1) is 6.79. The minimum Gasteiger partial charge on any atom is -0.392 e. The highest BCUT2D eigenvalue weighted by atomic mass is 16.3. The van der Waals surface area contributed by atoms with Gasteiger partial charge in [-0.25, -0.2) is 4.68 Å². The molecule has 0 fully saturated rings. The van der Waals surface area contributed by atoms with Crippen LogP contribution in [-0.4, -0.2) is 14.9 Å². The van der Waals surface area contributed by atoms with Crippen LogP contribution in [0.2, 0.25) is 0 Å². The maximum absolute atomic E-state index is 8.90. The van der Waals surface area contributed by atoms with E-state index in [-0.39, 0.29) is 6.61 Å². The van der Waals surface area contributed by atoms with E-state index in [2.05, 4.69) is 5.10 Å². The minimum absolute atomic E-state index is 0.0335. The molecule has 3 nitrogen and oxygen atoms in total. The third-order valence-electron chi connectivity index (χ3n) is 2.08. The van der Waals surface area contributed by atoms with Crippen molar-refractivity contribution in [2.45, 2.75) is 13.5 Å². The summed E-state index contributed by atoms with van der Waals surface area (Å²) in [6.07, 6.45) is 3.50. The van der Waals surface area contributed by atoms with Crippen LogP contribution >= 0.6 is 0 Å². The molecular formula is C11H12N2O. The molecule has 0 aliphatic heterocycles. The van der Waals surface area contributed by atoms with Gasteiger partial charge in [0, 0.05) is 11.8 Å². The van der Waals surface area contributed by atoms with Crippen molar-refractivity contribution in [2.75, 3.05) is 0 Å². The van der Waals surface area contributed by atoms with Gasteiger partial charge in [-0.15, -0.1) is 0 Å². The number of aromatic nitrogens is 2. The summed E-state index contributed by atoms with van der Waals surface area (Å²) >= 11 is 0. The largest absolute Gasteiger partial charge is 0.392 e. The highest BCUT2D eigenvalue weighted by Crippen LogP contribution is 2.10. The number of aliphatic hydroxyl groups is 1. The fourth-order valence-electron chi connectivity index (χ4n) is 1.35. The lowest BCUT2D eigenvalue weighted by atomic mass is 10.2. The third-order valence-corrected chi connectivity index (χ3v) is 2.08. The molecule has 3 heteroatoms. The Morgan fingerprint density at radius 2 is 2.29 bits per heavy atom. The van der Waals surface area contributed by atoms with Gasteiger partial charge in [-0.2, -0.15) is 5.10 Å². The molecule has 0 radical (unpaired) electrons. The standard InChI is InChI=1S/C11H12N2O/c1-9-3-2-4-11(5-9)13-7-10(8-14)6-12-13/h2-7,14H,8H2,1H3. The molecule has 0 unspecified atom stereocenters. The second-order valence-corrected chi connectivity index (χ2v) is 3.29. The van der Waals surface area contributed by atoms with Crippen molar-refractivity contribution in [3.63, 3.8) is 0 Å². The Balaban J connectivity index is 2.39. The van der Waals surface area contributed by atoms with Crippen molar-refractivity contribution in [3.8, 4) is 5.69 Å². The van der Waals surface area contributed by atoms with Crippen LogP contribution in [0.3, 0.4) is 0 Å². The van der Waals surface area contributed by atoms with E-state index in [1.807, 2.05) is 37.4 Å². The highest BCUT2D eigenvalue weighted by Gasteiger charge is 1.99. The van der Waals surface area contributed by atoms with Gasteiger partial charge in [0.1, 0.15) is 0 Å². The van der Waals surface area contributed by atoms with Crippen LogP contribution in [0, 0.1) is 6.92 Å². The summed E-state index contributed by atoms with van der Waals surface area (Å²) in [5.74, 6) is 0. The van der Waals surface area contributed by atoms with Gasteiger partial charge >= 0.3 is 0 Å². The molecule has 0 saturated heterocycles. The van der Waals surface area contributed by atoms with Crippen LogP contribution in [0.25, 0.3) is 5.69 Å². The van der Waals surface area contributed by atoms with Gasteiger partial charge < -0.3 is 5.11 Å². The lowest BCUT2D eigenvalue weighted by Gasteiger charge is -2.01. The van der Waals surface area contributed by atoms with Crippen molar-refractivity contribution in [1.82, 2.24) is 9.78 Å². The van der Waals surface area contributed by atoms with Gasteiger partial charge in [0.05, 0.1) is 18.5 Å². The average molecular weight is 188 g/mol. The molecule has 0 aliphatic rings. The fourth-order valence-corrected chi connectivity index (χ4v) is 1.35. The molecule has 0 spiro atoms. The Bertz CT molecular complexity index is 434. The Morgan fingerprint density at radius 3 is 2.93 bits per heavy atom. The molecule has 0 saturated carbocycles. The highest BCUT2D eigenvalue weighted by molar-refractivity contribution is 5.34. The minimum atomic E-state index is 0.0335. The van der Waals surface area contributed by atoms with Crippen LogP contribution < -0.4 is 0 Å². The number of nitrogens with zero attached hydrogens (tertiary/aromatic N) is 2. The van der Waals surface area contributed by atoms with E-state index in [4.69, 9.17) is 5.11 Å². The Morgan fingerprint density at radius 1 is 1.43 bits per heavy atom. The number of hydrogen-bond donors (Lipinski definition) is 1. The molecular weight excluding hydrogens is 176 g/mol. The van der Waals surface area contributed by atoms with Gasteiger partial charge in [0.2, 0.25) is 0 Å². The van der Waals surface area contributed by atoms with E-state index in [9.17, 15) is 0 Å². The van der Waals surface area contributed by atoms with E-state index >= 15 is 0 Å². The molecule has 0 atom stereocenters. The van der Waals surface area contributed by atoms with Gasteiger partial charge in [-0.3, -0.25) is 0 Å². The van der Waals surface area contributed by atoms with E-state index in [0.29, 0.717) is 0 Å². The van der Waals surface area contributed by atoms with Crippen molar-refractivity contribution in [1.29, 1.82) is 0 Å². The molecule has 0 aliphatic carbocycles. The van der Waals surface area contributed by atoms with Gasteiger partial charge in [-0.1, -0.05) is 12.1 Å². The average Bonchev–Trinajstić information content (AvgIpc) is 2.66. The van der Waals surface area contributed by atoms with Crippen LogP contribution in [-0.2, 0) is 6.61 Å². The third kappa shape index (κ3) is 1.67. The number of benzene rings is 1. The van der Waals surface area contributed by atoms with Gasteiger partial charge in [-0.05, 0) is 24.6 Å². The van der Waals surface area contributed by atoms with Crippen molar-refractivity contribution in [2.24, 2.45) is 0 Å². The molecule has 2 rings (SSSR count). The summed E-state index contributed by atoms with van der Waals surface area (Å²) < 4.78 is 1.76. The predicted octanol–water partition coefficient (Wildman–Crippen LogP) is 1.67. The SMILES string of the molecule is Cc1cccc(-n2cc(CO)cn2)c1. The maximum atomic E-state index is 8.90. The van der Waals surface area contributed by atoms with Crippen LogP contribution in [0.4, 0.5) is 0 Å². The molecule has 1 N–H and O–H groups in total. The van der Waals surface area contributed by atoms with Gasteiger partial charge in [0.15, 0.2) is 0 Å². The molecule has 1 aromatic carbocycles. The van der Waals surface area contributed by atoms with E-state index < -0.39 is 0 Å². The Kier molecular flexibility index (Phi) is 2.33. The second kappa shape index (κ2) is 3.64. The molecule has 0 amide bonds. The smallest absolute Gasteiger partial charge is 0.0712 e. The number of rotatable bonds is 2. The van der Waals surface area contributed by atoms with E-state index in [1.54, 1.807) is 10.9 Å². The molecule has 72 valence electrons. The predicted molar refractivity (Wildman–Crippen MR) is 54.2 cm³/mol. The first kappa shape index (κ1) is 8.97. The lowest BCUT2D eigenvalue weighted by molar-refractivity contribution is 0.282. The van der Waals surface area contributed by atoms with Crippen LogP contribution in [0.5, 0.6) is 0 Å². The Hall–Kier alpha value is -1.61. The number of aryl methyl sites for hydroxylation is 1. The normalized spacial score (nSPS) is 10.4. The first-order valence-electron chi connectivity index (χ1n) is 4.51. The molecule has 0 bridgehead atoms. The second-order valence-electron chi connectivity index (χ2n) is 3.29. The van der Waals surface area contributed by atoms with Gasteiger partial charge in [0.25, 0.3) is 0 Å². The first-order valence-corrected chi connectivity index (χ1v) is 4.51. The quantitative estimate of drug-likeness (QED) is 0.778. The molecule has 1 aromatic heterocycles. The van der Waals surface area contributed by atoms with E-state index in [0.717, 1.165) is 11.3 Å². The summed E-state index contributed by atoms with van der Waals surface area (Å²) in [5.41, 5.74) is 3.04. The summed E-state index contributed by atoms with van der Waals surface area (Å²) in [5, 5.41) is 13.1. The van der Waals surface area contributed by atoms with Crippen molar-refractivity contribution in [3.05, 3.63) is 47.8 Å². The summed E-state index contributed by atoms with van der Waals surface area (Å²) in [6, 6.07) is 8.07. The molecule has 14 heavy (non-hydrogen) atoms.